The zero-order chi connectivity index (χ0) is 19.7. The molecule has 1 fully saturated rings. The molecule has 0 atom stereocenters. The number of aromatic nitrogens is 2. The number of benzene rings is 2. The molecule has 146 valence electrons. The van der Waals surface area contributed by atoms with Crippen LogP contribution in [-0.4, -0.2) is 36.0 Å². The maximum absolute atomic E-state index is 13.1. The first-order valence-electron chi connectivity index (χ1n) is 9.41. The van der Waals surface area contributed by atoms with E-state index < -0.39 is 10.0 Å². The molecule has 7 heteroatoms. The highest BCUT2D eigenvalue weighted by Gasteiger charge is 2.33. The summed E-state index contributed by atoms with van der Waals surface area (Å²) in [6.45, 7) is 4.64. The van der Waals surface area contributed by atoms with Crippen molar-refractivity contribution in [2.75, 3.05) is 13.1 Å². The Morgan fingerprint density at radius 2 is 1.75 bits per heavy atom. The average molecular weight is 398 g/mol. The molecule has 0 radical (unpaired) electrons. The molecule has 1 aliphatic heterocycles. The van der Waals surface area contributed by atoms with Crippen molar-refractivity contribution >= 4 is 10.0 Å². The van der Waals surface area contributed by atoms with Crippen molar-refractivity contribution < 1.29 is 12.9 Å². The largest absolute Gasteiger partial charge is 0.339 e. The van der Waals surface area contributed by atoms with E-state index in [0.29, 0.717) is 42.5 Å². The minimum atomic E-state index is -3.49. The minimum Gasteiger partial charge on any atom is -0.339 e. The lowest BCUT2D eigenvalue weighted by atomic mass is 9.98. The highest BCUT2D eigenvalue weighted by atomic mass is 32.2. The number of rotatable bonds is 4. The normalized spacial score (nSPS) is 16.4. The van der Waals surface area contributed by atoms with E-state index in [1.54, 1.807) is 10.4 Å². The molecule has 4 rings (SSSR count). The van der Waals surface area contributed by atoms with Crippen LogP contribution >= 0.6 is 0 Å². The second-order valence-corrected chi connectivity index (χ2v) is 9.18. The van der Waals surface area contributed by atoms with Gasteiger partial charge in [0.05, 0.1) is 4.90 Å². The molecule has 1 aliphatic rings. The van der Waals surface area contributed by atoms with Crippen molar-refractivity contribution in [2.24, 2.45) is 0 Å². The third kappa shape index (κ3) is 3.59. The number of nitrogens with zero attached hydrogens (tertiary/aromatic N) is 3. The molecule has 0 spiro atoms. The van der Waals surface area contributed by atoms with E-state index in [9.17, 15) is 8.42 Å². The van der Waals surface area contributed by atoms with Gasteiger partial charge in [-0.15, -0.1) is 0 Å². The number of sulfonamides is 1. The molecule has 0 amide bonds. The fourth-order valence-electron chi connectivity index (χ4n) is 3.57. The predicted molar refractivity (Wildman–Crippen MR) is 106 cm³/mol. The summed E-state index contributed by atoms with van der Waals surface area (Å²) in [7, 11) is -3.49. The minimum absolute atomic E-state index is 0.0787. The van der Waals surface area contributed by atoms with Gasteiger partial charge in [-0.05, 0) is 43.9 Å². The van der Waals surface area contributed by atoms with Gasteiger partial charge in [0, 0.05) is 24.6 Å². The monoisotopic (exact) mass is 397 g/mol. The Morgan fingerprint density at radius 1 is 1.04 bits per heavy atom. The lowest BCUT2D eigenvalue weighted by Crippen LogP contribution is -2.38. The van der Waals surface area contributed by atoms with Gasteiger partial charge in [0.2, 0.25) is 21.7 Å². The second kappa shape index (κ2) is 7.48. The van der Waals surface area contributed by atoms with E-state index in [2.05, 4.69) is 10.1 Å². The van der Waals surface area contributed by atoms with Crippen LogP contribution in [0.4, 0.5) is 0 Å². The van der Waals surface area contributed by atoms with E-state index in [1.807, 2.05) is 56.3 Å². The number of hydrogen-bond acceptors (Lipinski definition) is 5. The van der Waals surface area contributed by atoms with Crippen molar-refractivity contribution in [1.82, 2.24) is 14.4 Å². The van der Waals surface area contributed by atoms with Crippen molar-refractivity contribution in [1.29, 1.82) is 0 Å². The molecule has 0 saturated carbocycles. The van der Waals surface area contributed by atoms with Crippen molar-refractivity contribution in [3.05, 3.63) is 65.5 Å². The SMILES string of the molecule is Cc1ccc(C)c(S(=O)(=O)N2CCC(c3nc(-c4ccccc4)no3)CC2)c1. The molecule has 0 aliphatic carbocycles. The van der Waals surface area contributed by atoms with Gasteiger partial charge in [-0.1, -0.05) is 47.6 Å². The van der Waals surface area contributed by atoms with Crippen LogP contribution in [0, 0.1) is 13.8 Å². The summed E-state index contributed by atoms with van der Waals surface area (Å²) in [6, 6.07) is 15.2. The van der Waals surface area contributed by atoms with Crippen LogP contribution in [0.2, 0.25) is 0 Å². The Labute approximate surface area is 165 Å². The molecular formula is C21H23N3O3S. The first-order chi connectivity index (χ1) is 13.4. The molecule has 0 unspecified atom stereocenters. The predicted octanol–water partition coefficient (Wildman–Crippen LogP) is 3.92. The van der Waals surface area contributed by atoms with E-state index >= 15 is 0 Å². The zero-order valence-corrected chi connectivity index (χ0v) is 16.8. The van der Waals surface area contributed by atoms with Gasteiger partial charge in [0.1, 0.15) is 0 Å². The maximum Gasteiger partial charge on any atom is 0.243 e. The average Bonchev–Trinajstić information content (AvgIpc) is 3.21. The van der Waals surface area contributed by atoms with Gasteiger partial charge in [0.25, 0.3) is 0 Å². The molecule has 28 heavy (non-hydrogen) atoms. The lowest BCUT2D eigenvalue weighted by molar-refractivity contribution is 0.270. The van der Waals surface area contributed by atoms with Crippen LogP contribution in [0.3, 0.4) is 0 Å². The van der Waals surface area contributed by atoms with Gasteiger partial charge in [-0.2, -0.15) is 9.29 Å². The van der Waals surface area contributed by atoms with Crippen LogP contribution in [0.25, 0.3) is 11.4 Å². The quantitative estimate of drug-likeness (QED) is 0.667. The standard InChI is InChI=1S/C21H23N3O3S/c1-15-8-9-16(2)19(14-15)28(25,26)24-12-10-18(11-13-24)21-22-20(23-27-21)17-6-4-3-5-7-17/h3-9,14,18H,10-13H2,1-2H3. The van der Waals surface area contributed by atoms with E-state index in [1.165, 1.54) is 0 Å². The van der Waals surface area contributed by atoms with Crippen molar-refractivity contribution in [2.45, 2.75) is 37.5 Å². The third-order valence-electron chi connectivity index (χ3n) is 5.24. The van der Waals surface area contributed by atoms with Crippen molar-refractivity contribution in [3.63, 3.8) is 0 Å². The number of piperidine rings is 1. The Morgan fingerprint density at radius 3 is 2.46 bits per heavy atom. The topological polar surface area (TPSA) is 76.3 Å². The van der Waals surface area contributed by atoms with Gasteiger partial charge >= 0.3 is 0 Å². The number of hydrogen-bond donors (Lipinski definition) is 0. The van der Waals surface area contributed by atoms with Crippen LogP contribution in [-0.2, 0) is 10.0 Å². The van der Waals surface area contributed by atoms with Gasteiger partial charge in [0.15, 0.2) is 0 Å². The summed E-state index contributed by atoms with van der Waals surface area (Å²) in [4.78, 5) is 4.93. The first kappa shape index (κ1) is 18.8. The molecule has 0 bridgehead atoms. The first-order valence-corrected chi connectivity index (χ1v) is 10.9. The molecule has 2 aromatic carbocycles. The zero-order valence-electron chi connectivity index (χ0n) is 16.0. The molecular weight excluding hydrogens is 374 g/mol. The van der Waals surface area contributed by atoms with E-state index in [4.69, 9.17) is 4.52 Å². The summed E-state index contributed by atoms with van der Waals surface area (Å²) < 4.78 is 33.2. The molecule has 2 heterocycles. The Bertz CT molecular complexity index is 1070. The fraction of sp³-hybridized carbons (Fsp3) is 0.333. The Balaban J connectivity index is 1.48. The smallest absolute Gasteiger partial charge is 0.243 e. The van der Waals surface area contributed by atoms with E-state index in [0.717, 1.165) is 16.7 Å². The van der Waals surface area contributed by atoms with Gasteiger partial charge in [-0.25, -0.2) is 8.42 Å². The highest BCUT2D eigenvalue weighted by Crippen LogP contribution is 2.31. The van der Waals surface area contributed by atoms with Crippen LogP contribution in [0.5, 0.6) is 0 Å². The summed E-state index contributed by atoms with van der Waals surface area (Å²) in [6.07, 6.45) is 1.33. The molecule has 0 N–H and O–H groups in total. The summed E-state index contributed by atoms with van der Waals surface area (Å²) in [5.74, 6) is 1.23. The molecule has 6 nitrogen and oxygen atoms in total. The highest BCUT2D eigenvalue weighted by molar-refractivity contribution is 7.89. The summed E-state index contributed by atoms with van der Waals surface area (Å²) in [5.41, 5.74) is 2.63. The van der Waals surface area contributed by atoms with Crippen LogP contribution < -0.4 is 0 Å². The second-order valence-electron chi connectivity index (χ2n) is 7.27. The molecule has 1 aromatic heterocycles. The summed E-state index contributed by atoms with van der Waals surface area (Å²) >= 11 is 0. The lowest BCUT2D eigenvalue weighted by Gasteiger charge is -2.30. The Kier molecular flexibility index (Phi) is 5.03. The van der Waals surface area contributed by atoms with Gasteiger partial charge < -0.3 is 4.52 Å². The Hall–Kier alpha value is -2.51. The third-order valence-corrected chi connectivity index (χ3v) is 7.28. The number of aryl methyl sites for hydroxylation is 2. The maximum atomic E-state index is 13.1. The van der Waals surface area contributed by atoms with E-state index in [-0.39, 0.29) is 5.92 Å². The van der Waals surface area contributed by atoms with Gasteiger partial charge in [-0.3, -0.25) is 0 Å². The fourth-order valence-corrected chi connectivity index (χ4v) is 5.35. The molecule has 3 aromatic rings. The molecule has 1 saturated heterocycles. The summed E-state index contributed by atoms with van der Waals surface area (Å²) in [5, 5.41) is 4.08. The van der Waals surface area contributed by atoms with Crippen LogP contribution in [0.1, 0.15) is 35.8 Å². The van der Waals surface area contributed by atoms with Crippen molar-refractivity contribution in [3.8, 4) is 11.4 Å². The van der Waals surface area contributed by atoms with Crippen LogP contribution in [0.15, 0.2) is 57.9 Å².